The molecule has 0 aliphatic heterocycles. The molecule has 0 aromatic carbocycles. The first-order valence-electron chi connectivity index (χ1n) is 7.05. The number of aromatic nitrogens is 5. The van der Waals surface area contributed by atoms with Gasteiger partial charge >= 0.3 is 0 Å². The van der Waals surface area contributed by atoms with Crippen LogP contribution in [0.4, 0.5) is 5.82 Å². The largest absolute Gasteiger partial charge is 0.369 e. The van der Waals surface area contributed by atoms with E-state index in [1.165, 1.54) is 6.33 Å². The van der Waals surface area contributed by atoms with E-state index in [0.717, 1.165) is 41.2 Å². The number of nitrogens with one attached hydrogen (secondary N) is 1. The molecule has 0 unspecified atom stereocenters. The first-order chi connectivity index (χ1) is 10.8. The van der Waals surface area contributed by atoms with Gasteiger partial charge in [0, 0.05) is 31.1 Å². The van der Waals surface area contributed by atoms with Gasteiger partial charge in [0.1, 0.15) is 23.2 Å². The van der Waals surface area contributed by atoms with E-state index < -0.39 is 0 Å². The first-order valence-corrected chi connectivity index (χ1v) is 7.05. The number of hydrogen-bond acceptors (Lipinski definition) is 6. The number of anilines is 1. The maximum absolute atomic E-state index is 5.14. The highest BCUT2D eigenvalue weighted by atomic mass is 16.5. The molecule has 22 heavy (non-hydrogen) atoms. The second kappa shape index (κ2) is 5.10. The lowest BCUT2D eigenvalue weighted by atomic mass is 10.3. The lowest BCUT2D eigenvalue weighted by Crippen LogP contribution is -2.08. The Balaban J connectivity index is 1.54. The summed E-state index contributed by atoms with van der Waals surface area (Å²) in [6.07, 6.45) is 6.23. The fourth-order valence-electron chi connectivity index (χ4n) is 2.54. The lowest BCUT2D eigenvalue weighted by Gasteiger charge is -2.06. The Morgan fingerprint density at radius 3 is 3.14 bits per heavy atom. The second-order valence-corrected chi connectivity index (χ2v) is 5.03. The van der Waals surface area contributed by atoms with Gasteiger partial charge < -0.3 is 14.2 Å². The zero-order chi connectivity index (χ0) is 14.9. The van der Waals surface area contributed by atoms with Crippen LogP contribution in [0.5, 0.6) is 0 Å². The molecule has 0 aliphatic rings. The highest BCUT2D eigenvalue weighted by molar-refractivity contribution is 5.87. The van der Waals surface area contributed by atoms with Crippen molar-refractivity contribution in [1.29, 1.82) is 0 Å². The average molecular weight is 294 g/mol. The van der Waals surface area contributed by atoms with Crippen LogP contribution in [0.1, 0.15) is 11.4 Å². The summed E-state index contributed by atoms with van der Waals surface area (Å²) in [4.78, 5) is 12.7. The first kappa shape index (κ1) is 12.8. The zero-order valence-electron chi connectivity index (χ0n) is 12.0. The molecule has 0 saturated heterocycles. The second-order valence-electron chi connectivity index (χ2n) is 5.03. The number of pyridine rings is 1. The van der Waals surface area contributed by atoms with Crippen LogP contribution < -0.4 is 5.32 Å². The highest BCUT2D eigenvalue weighted by Gasteiger charge is 2.11. The Morgan fingerprint density at radius 2 is 2.18 bits per heavy atom. The van der Waals surface area contributed by atoms with Gasteiger partial charge in [-0.1, -0.05) is 11.2 Å². The van der Waals surface area contributed by atoms with Crippen molar-refractivity contribution in [2.75, 3.05) is 11.9 Å². The molecular weight excluding hydrogens is 280 g/mol. The van der Waals surface area contributed by atoms with Gasteiger partial charge in [0.05, 0.1) is 5.69 Å². The van der Waals surface area contributed by atoms with Crippen molar-refractivity contribution in [2.24, 2.45) is 0 Å². The zero-order valence-corrected chi connectivity index (χ0v) is 12.0. The van der Waals surface area contributed by atoms with Gasteiger partial charge in [-0.3, -0.25) is 0 Å². The molecule has 7 nitrogen and oxygen atoms in total. The Bertz CT molecular complexity index is 941. The average Bonchev–Trinajstić information content (AvgIpc) is 3.13. The number of rotatable bonds is 4. The Labute approximate surface area is 126 Å². The van der Waals surface area contributed by atoms with Crippen molar-refractivity contribution in [3.63, 3.8) is 0 Å². The van der Waals surface area contributed by atoms with E-state index in [1.54, 1.807) is 0 Å². The van der Waals surface area contributed by atoms with Crippen LogP contribution in [-0.2, 0) is 6.42 Å². The van der Waals surface area contributed by atoms with Crippen molar-refractivity contribution in [3.8, 4) is 0 Å². The molecule has 0 atom stereocenters. The lowest BCUT2D eigenvalue weighted by molar-refractivity contribution is 0.442. The minimum absolute atomic E-state index is 0.504. The standard InChI is InChI=1S/C15H14N6O/c1-10-13-14(18-9-19-15(13)22-20-10)16-6-5-11-8-17-12-4-2-3-7-21(11)12/h2-4,7-9H,5-6H2,1H3,(H,16,18,19). The summed E-state index contributed by atoms with van der Waals surface area (Å²) >= 11 is 0. The van der Waals surface area contributed by atoms with Crippen LogP contribution in [0.3, 0.4) is 0 Å². The van der Waals surface area contributed by atoms with Crippen LogP contribution in [0.2, 0.25) is 0 Å². The molecule has 0 radical (unpaired) electrons. The maximum Gasteiger partial charge on any atom is 0.263 e. The molecular formula is C15H14N6O. The van der Waals surface area contributed by atoms with E-state index in [-0.39, 0.29) is 0 Å². The van der Waals surface area contributed by atoms with Gasteiger partial charge in [0.2, 0.25) is 0 Å². The minimum Gasteiger partial charge on any atom is -0.369 e. The van der Waals surface area contributed by atoms with Crippen LogP contribution in [0.15, 0.2) is 41.4 Å². The fraction of sp³-hybridized carbons (Fsp3) is 0.200. The molecule has 0 saturated carbocycles. The van der Waals surface area contributed by atoms with Crippen LogP contribution >= 0.6 is 0 Å². The summed E-state index contributed by atoms with van der Waals surface area (Å²) in [7, 11) is 0. The normalized spacial score (nSPS) is 11.3. The molecule has 0 bridgehead atoms. The molecule has 110 valence electrons. The Hall–Kier alpha value is -2.96. The van der Waals surface area contributed by atoms with Gasteiger partial charge in [-0.25, -0.2) is 9.97 Å². The summed E-state index contributed by atoms with van der Waals surface area (Å²) in [5.41, 5.74) is 3.39. The maximum atomic E-state index is 5.14. The van der Waals surface area contributed by atoms with Crippen molar-refractivity contribution >= 4 is 22.6 Å². The Morgan fingerprint density at radius 1 is 1.23 bits per heavy atom. The van der Waals surface area contributed by atoms with Gasteiger partial charge in [-0.15, -0.1) is 0 Å². The molecule has 1 N–H and O–H groups in total. The predicted octanol–water partition coefficient (Wildman–Crippen LogP) is 2.23. The van der Waals surface area contributed by atoms with Crippen LogP contribution in [-0.4, -0.2) is 31.1 Å². The molecule has 0 spiro atoms. The highest BCUT2D eigenvalue weighted by Crippen LogP contribution is 2.22. The molecule has 4 rings (SSSR count). The number of nitrogens with zero attached hydrogens (tertiary/aromatic N) is 5. The number of aryl methyl sites for hydroxylation is 1. The number of fused-ring (bicyclic) bond motifs is 2. The topological polar surface area (TPSA) is 81.1 Å². The Kier molecular flexibility index (Phi) is 2.96. The summed E-state index contributed by atoms with van der Waals surface area (Å²) in [5, 5.41) is 8.08. The molecule has 0 amide bonds. The van der Waals surface area contributed by atoms with Crippen LogP contribution in [0, 0.1) is 6.92 Å². The quantitative estimate of drug-likeness (QED) is 0.621. The summed E-state index contributed by atoms with van der Waals surface area (Å²) in [5.74, 6) is 0.748. The smallest absolute Gasteiger partial charge is 0.263 e. The molecule has 4 heterocycles. The number of imidazole rings is 1. The molecule has 0 fully saturated rings. The molecule has 7 heteroatoms. The molecule has 0 aliphatic carbocycles. The molecule has 4 aromatic rings. The van der Waals surface area contributed by atoms with Gasteiger partial charge in [-0.05, 0) is 19.1 Å². The third kappa shape index (κ3) is 2.07. The van der Waals surface area contributed by atoms with Gasteiger partial charge in [-0.2, -0.15) is 4.98 Å². The summed E-state index contributed by atoms with van der Waals surface area (Å²) < 4.78 is 7.23. The van der Waals surface area contributed by atoms with E-state index in [1.807, 2.05) is 37.5 Å². The SMILES string of the molecule is Cc1noc2ncnc(NCCc3cnc4ccccn34)c12. The fourth-order valence-corrected chi connectivity index (χ4v) is 2.54. The van der Waals surface area contributed by atoms with Gasteiger partial charge in [0.15, 0.2) is 0 Å². The summed E-state index contributed by atoms with van der Waals surface area (Å²) in [6, 6.07) is 5.97. The third-order valence-electron chi connectivity index (χ3n) is 3.61. The van der Waals surface area contributed by atoms with Crippen molar-refractivity contribution in [2.45, 2.75) is 13.3 Å². The monoisotopic (exact) mass is 294 g/mol. The minimum atomic E-state index is 0.504. The van der Waals surface area contributed by atoms with Crippen molar-refractivity contribution in [3.05, 3.63) is 48.3 Å². The van der Waals surface area contributed by atoms with Crippen LogP contribution in [0.25, 0.3) is 16.7 Å². The molecule has 4 aromatic heterocycles. The van der Waals surface area contributed by atoms with Gasteiger partial charge in [0.25, 0.3) is 5.71 Å². The third-order valence-corrected chi connectivity index (χ3v) is 3.61. The predicted molar refractivity (Wildman–Crippen MR) is 81.7 cm³/mol. The van der Waals surface area contributed by atoms with Crippen molar-refractivity contribution < 1.29 is 4.52 Å². The van der Waals surface area contributed by atoms with E-state index in [0.29, 0.717) is 5.71 Å². The van der Waals surface area contributed by atoms with Crippen molar-refractivity contribution in [1.82, 2.24) is 24.5 Å². The van der Waals surface area contributed by atoms with E-state index in [4.69, 9.17) is 4.52 Å². The number of hydrogen-bond donors (Lipinski definition) is 1. The van der Waals surface area contributed by atoms with E-state index in [2.05, 4.69) is 29.8 Å². The summed E-state index contributed by atoms with van der Waals surface area (Å²) in [6.45, 7) is 2.62. The van der Waals surface area contributed by atoms with E-state index in [9.17, 15) is 0 Å². The van der Waals surface area contributed by atoms with E-state index >= 15 is 0 Å².